The summed E-state index contributed by atoms with van der Waals surface area (Å²) in [5.74, 6) is 0. The zero-order chi connectivity index (χ0) is 30.2. The van der Waals surface area contributed by atoms with Crippen LogP contribution in [0, 0.1) is 0 Å². The maximum atomic E-state index is 6.53. The fraction of sp³-hybridized carbons (Fsp3) is 0. The Kier molecular flexibility index (Phi) is 5.51. The van der Waals surface area contributed by atoms with Crippen molar-refractivity contribution in [1.82, 2.24) is 0 Å². The Morgan fingerprint density at radius 1 is 0.348 bits per heavy atom. The highest BCUT2D eigenvalue weighted by Crippen LogP contribution is 2.47. The smallest absolute Gasteiger partial charge is 0.144 e. The summed E-state index contributed by atoms with van der Waals surface area (Å²) in [4.78, 5) is 0. The van der Waals surface area contributed by atoms with Crippen LogP contribution in [0.2, 0.25) is 0 Å². The molecule has 8 aromatic carbocycles. The van der Waals surface area contributed by atoms with E-state index in [1.165, 1.54) is 85.9 Å². The highest BCUT2D eigenvalue weighted by molar-refractivity contribution is 7.26. The van der Waals surface area contributed by atoms with E-state index >= 15 is 0 Å². The first-order valence-corrected chi connectivity index (χ1v) is 16.5. The van der Waals surface area contributed by atoms with Gasteiger partial charge in [0.25, 0.3) is 0 Å². The third kappa shape index (κ3) is 3.74. The normalized spacial score (nSPS) is 11.9. The van der Waals surface area contributed by atoms with Crippen molar-refractivity contribution >= 4 is 75.0 Å². The van der Waals surface area contributed by atoms with Crippen molar-refractivity contribution in [3.8, 4) is 33.4 Å². The van der Waals surface area contributed by atoms with E-state index in [0.717, 1.165) is 11.2 Å². The lowest BCUT2D eigenvalue weighted by molar-refractivity contribution is 0.673. The number of fused-ring (bicyclic) bond motifs is 9. The molecular formula is C44H26OS. The molecule has 0 saturated heterocycles. The Labute approximate surface area is 269 Å². The topological polar surface area (TPSA) is 13.1 Å². The molecule has 0 aliphatic rings. The fourth-order valence-electron chi connectivity index (χ4n) is 7.43. The largest absolute Gasteiger partial charge is 0.455 e. The minimum atomic E-state index is 0.935. The van der Waals surface area contributed by atoms with Crippen LogP contribution in [0.1, 0.15) is 0 Å². The van der Waals surface area contributed by atoms with E-state index in [9.17, 15) is 0 Å². The van der Waals surface area contributed by atoms with Gasteiger partial charge in [0.15, 0.2) is 0 Å². The van der Waals surface area contributed by atoms with Crippen molar-refractivity contribution in [2.75, 3.05) is 0 Å². The summed E-state index contributed by atoms with van der Waals surface area (Å²) in [6.45, 7) is 0. The highest BCUT2D eigenvalue weighted by Gasteiger charge is 2.19. The van der Waals surface area contributed by atoms with Crippen LogP contribution in [0.15, 0.2) is 162 Å². The van der Waals surface area contributed by atoms with Gasteiger partial charge in [-0.05, 0) is 91.3 Å². The molecule has 0 amide bonds. The highest BCUT2D eigenvalue weighted by atomic mass is 32.1. The number of hydrogen-bond donors (Lipinski definition) is 0. The van der Waals surface area contributed by atoms with E-state index in [1.807, 2.05) is 17.4 Å². The Morgan fingerprint density at radius 2 is 0.913 bits per heavy atom. The van der Waals surface area contributed by atoms with Crippen molar-refractivity contribution in [3.63, 3.8) is 0 Å². The Hall–Kier alpha value is -5.70. The quantitative estimate of drug-likeness (QED) is 0.183. The monoisotopic (exact) mass is 602 g/mol. The maximum absolute atomic E-state index is 6.53. The summed E-state index contributed by atoms with van der Waals surface area (Å²) in [6.07, 6.45) is 0. The third-order valence-corrected chi connectivity index (χ3v) is 10.6. The van der Waals surface area contributed by atoms with Crippen LogP contribution in [0.25, 0.3) is 97.0 Å². The summed E-state index contributed by atoms with van der Waals surface area (Å²) >= 11 is 1.84. The Balaban J connectivity index is 1.26. The summed E-state index contributed by atoms with van der Waals surface area (Å²) in [5, 5.41) is 9.83. The van der Waals surface area contributed by atoms with Gasteiger partial charge in [-0.2, -0.15) is 0 Å². The van der Waals surface area contributed by atoms with Crippen LogP contribution in [-0.4, -0.2) is 0 Å². The van der Waals surface area contributed by atoms with Gasteiger partial charge in [-0.3, -0.25) is 0 Å². The first-order valence-electron chi connectivity index (χ1n) is 15.7. The third-order valence-electron chi connectivity index (χ3n) is 9.46. The van der Waals surface area contributed by atoms with Crippen molar-refractivity contribution in [3.05, 3.63) is 158 Å². The van der Waals surface area contributed by atoms with E-state index in [0.29, 0.717) is 0 Å². The molecule has 10 rings (SSSR count). The van der Waals surface area contributed by atoms with Crippen LogP contribution in [0.4, 0.5) is 0 Å². The first-order chi connectivity index (χ1) is 22.8. The van der Waals surface area contributed by atoms with Crippen LogP contribution >= 0.6 is 11.3 Å². The minimum Gasteiger partial charge on any atom is -0.455 e. The average molecular weight is 603 g/mol. The van der Waals surface area contributed by atoms with Gasteiger partial charge >= 0.3 is 0 Å². The van der Waals surface area contributed by atoms with Crippen molar-refractivity contribution in [2.24, 2.45) is 0 Å². The van der Waals surface area contributed by atoms with Gasteiger partial charge in [0.05, 0.1) is 0 Å². The molecule has 0 bridgehead atoms. The number of hydrogen-bond acceptors (Lipinski definition) is 2. The number of benzene rings is 8. The molecule has 0 N–H and O–H groups in total. The molecule has 0 fully saturated rings. The number of rotatable bonds is 3. The first kappa shape index (κ1) is 25.6. The predicted octanol–water partition coefficient (Wildman–Crippen LogP) is 13.3. The molecular weight excluding hydrogens is 577 g/mol. The number of furan rings is 1. The zero-order valence-electron chi connectivity index (χ0n) is 24.8. The molecule has 0 atom stereocenters. The minimum absolute atomic E-state index is 0.935. The molecule has 0 radical (unpaired) electrons. The second-order valence-corrected chi connectivity index (χ2v) is 13.1. The molecule has 1 nitrogen and oxygen atoms in total. The zero-order valence-corrected chi connectivity index (χ0v) is 25.6. The number of para-hydroxylation sites is 1. The molecule has 10 aromatic rings. The summed E-state index contributed by atoms with van der Waals surface area (Å²) < 4.78 is 9.06. The second-order valence-electron chi connectivity index (χ2n) is 12.0. The Morgan fingerprint density at radius 3 is 1.63 bits per heavy atom. The number of thiophene rings is 1. The molecule has 0 spiro atoms. The van der Waals surface area contributed by atoms with Crippen molar-refractivity contribution in [2.45, 2.75) is 0 Å². The van der Waals surface area contributed by atoms with E-state index in [4.69, 9.17) is 4.42 Å². The van der Waals surface area contributed by atoms with Gasteiger partial charge in [-0.25, -0.2) is 0 Å². The van der Waals surface area contributed by atoms with Crippen LogP contribution < -0.4 is 0 Å². The lowest BCUT2D eigenvalue weighted by atomic mass is 9.85. The molecule has 46 heavy (non-hydrogen) atoms. The second kappa shape index (κ2) is 9.90. The predicted molar refractivity (Wildman–Crippen MR) is 198 cm³/mol. The molecule has 214 valence electrons. The molecule has 0 unspecified atom stereocenters. The van der Waals surface area contributed by atoms with Gasteiger partial charge in [0.1, 0.15) is 11.2 Å². The fourth-order valence-corrected chi connectivity index (χ4v) is 8.52. The molecule has 0 aliphatic heterocycles. The van der Waals surface area contributed by atoms with Gasteiger partial charge in [0, 0.05) is 30.9 Å². The van der Waals surface area contributed by atoms with E-state index < -0.39 is 0 Å². The lowest BCUT2D eigenvalue weighted by Gasteiger charge is -2.18. The molecule has 2 heteroatoms. The average Bonchev–Trinajstić information content (AvgIpc) is 3.69. The van der Waals surface area contributed by atoms with Crippen LogP contribution in [-0.2, 0) is 0 Å². The van der Waals surface area contributed by atoms with Crippen molar-refractivity contribution < 1.29 is 4.42 Å². The lowest BCUT2D eigenvalue weighted by Crippen LogP contribution is -1.91. The molecule has 0 saturated carbocycles. The molecule has 2 aromatic heterocycles. The van der Waals surface area contributed by atoms with Gasteiger partial charge in [0.2, 0.25) is 0 Å². The van der Waals surface area contributed by atoms with Gasteiger partial charge in [-0.1, -0.05) is 121 Å². The SMILES string of the molecule is c1ccc(-c2cccc(-c3c4ccccc4c(-c4ccc5sc6ccc7c8ccccc8oc7c6c5c4)c4ccccc34)c2)cc1. The van der Waals surface area contributed by atoms with E-state index in [-0.39, 0.29) is 0 Å². The molecule has 0 aliphatic carbocycles. The van der Waals surface area contributed by atoms with Crippen molar-refractivity contribution in [1.29, 1.82) is 0 Å². The summed E-state index contributed by atoms with van der Waals surface area (Å²) in [6, 6.07) is 57.3. The Bertz CT molecular complexity index is 2740. The maximum Gasteiger partial charge on any atom is 0.144 e. The molecule has 2 heterocycles. The summed E-state index contributed by atoms with van der Waals surface area (Å²) in [7, 11) is 0. The van der Waals surface area contributed by atoms with Gasteiger partial charge in [-0.15, -0.1) is 11.3 Å². The summed E-state index contributed by atoms with van der Waals surface area (Å²) in [5.41, 5.74) is 9.36. The van der Waals surface area contributed by atoms with E-state index in [2.05, 4.69) is 152 Å². The van der Waals surface area contributed by atoms with Crippen LogP contribution in [0.5, 0.6) is 0 Å². The van der Waals surface area contributed by atoms with Gasteiger partial charge < -0.3 is 4.42 Å². The standard InChI is InChI=1S/C44H26OS/c1-2-11-27(12-3-1)28-13-10-14-29(25-28)41-32-16-4-6-18-34(32)42(35-19-7-5-17-33(35)41)30-21-23-39-37(26-30)43-40(46-39)24-22-36-31-15-8-9-20-38(31)45-44(36)43/h1-26H. The van der Waals surface area contributed by atoms with E-state index in [1.54, 1.807) is 0 Å². The van der Waals surface area contributed by atoms with Crippen LogP contribution in [0.3, 0.4) is 0 Å².